The molecule has 0 spiro atoms. The topological polar surface area (TPSA) is 64.4 Å². The highest BCUT2D eigenvalue weighted by atomic mass is 16.5. The molecule has 88 valence electrons. The first-order valence-corrected chi connectivity index (χ1v) is 5.83. The van der Waals surface area contributed by atoms with Crippen molar-refractivity contribution in [1.29, 1.82) is 0 Å². The second-order valence-electron chi connectivity index (χ2n) is 4.30. The van der Waals surface area contributed by atoms with Crippen LogP contribution in [0.1, 0.15) is 39.0 Å². The monoisotopic (exact) mass is 214 g/mol. The van der Waals surface area contributed by atoms with E-state index in [0.717, 1.165) is 25.8 Å². The molecule has 4 heteroatoms. The van der Waals surface area contributed by atoms with Crippen LogP contribution in [0, 0.1) is 5.92 Å². The molecule has 1 fully saturated rings. The summed E-state index contributed by atoms with van der Waals surface area (Å²) in [5, 5.41) is 3.15. The van der Waals surface area contributed by atoms with Crippen LogP contribution in [0.25, 0.3) is 0 Å². The predicted octanol–water partition coefficient (Wildman–Crippen LogP) is 1.00. The number of carbonyl (C=O) groups is 1. The van der Waals surface area contributed by atoms with Gasteiger partial charge in [0.1, 0.15) is 0 Å². The fourth-order valence-corrected chi connectivity index (χ4v) is 2.06. The molecule has 1 heterocycles. The van der Waals surface area contributed by atoms with Crippen LogP contribution in [0.15, 0.2) is 0 Å². The standard InChI is InChI=1S/C11H22N2O2/c1-2-3-4-9(6-11(12)14)5-10-7-13-8-15-10/h9-10,13H,2-8H2,1H3,(H2,12,14). The first kappa shape index (κ1) is 12.5. The maximum atomic E-state index is 10.9. The highest BCUT2D eigenvalue weighted by Gasteiger charge is 2.21. The number of primary amides is 1. The van der Waals surface area contributed by atoms with Crippen LogP contribution >= 0.6 is 0 Å². The molecular formula is C11H22N2O2. The predicted molar refractivity (Wildman–Crippen MR) is 59.2 cm³/mol. The summed E-state index contributed by atoms with van der Waals surface area (Å²) in [6.07, 6.45) is 5.14. The van der Waals surface area contributed by atoms with E-state index in [4.69, 9.17) is 10.5 Å². The molecule has 0 aromatic rings. The SMILES string of the molecule is CCCCC(CC(N)=O)CC1CNCO1. The number of rotatable bonds is 7. The van der Waals surface area contributed by atoms with Gasteiger partial charge in [-0.1, -0.05) is 19.8 Å². The van der Waals surface area contributed by atoms with Crippen molar-refractivity contribution < 1.29 is 9.53 Å². The highest BCUT2D eigenvalue weighted by molar-refractivity contribution is 5.73. The Balaban J connectivity index is 2.29. The van der Waals surface area contributed by atoms with E-state index in [2.05, 4.69) is 12.2 Å². The summed E-state index contributed by atoms with van der Waals surface area (Å²) in [6, 6.07) is 0. The van der Waals surface area contributed by atoms with E-state index in [-0.39, 0.29) is 12.0 Å². The van der Waals surface area contributed by atoms with Gasteiger partial charge in [-0.05, 0) is 18.8 Å². The Morgan fingerprint density at radius 2 is 2.47 bits per heavy atom. The molecule has 1 rings (SSSR count). The van der Waals surface area contributed by atoms with Crippen LogP contribution < -0.4 is 11.1 Å². The van der Waals surface area contributed by atoms with Crippen molar-refractivity contribution in [1.82, 2.24) is 5.32 Å². The molecule has 1 aliphatic heterocycles. The summed E-state index contributed by atoms with van der Waals surface area (Å²) in [5.41, 5.74) is 5.24. The largest absolute Gasteiger partial charge is 0.370 e. The van der Waals surface area contributed by atoms with Gasteiger partial charge in [0, 0.05) is 13.0 Å². The number of unbranched alkanes of at least 4 members (excludes halogenated alkanes) is 1. The van der Waals surface area contributed by atoms with E-state index >= 15 is 0 Å². The van der Waals surface area contributed by atoms with Crippen molar-refractivity contribution in [3.05, 3.63) is 0 Å². The van der Waals surface area contributed by atoms with E-state index < -0.39 is 0 Å². The van der Waals surface area contributed by atoms with Gasteiger partial charge in [-0.15, -0.1) is 0 Å². The van der Waals surface area contributed by atoms with Crippen molar-refractivity contribution in [3.63, 3.8) is 0 Å². The van der Waals surface area contributed by atoms with Gasteiger partial charge in [-0.2, -0.15) is 0 Å². The Hall–Kier alpha value is -0.610. The summed E-state index contributed by atoms with van der Waals surface area (Å²) >= 11 is 0. The van der Waals surface area contributed by atoms with Crippen molar-refractivity contribution >= 4 is 5.91 Å². The molecule has 0 saturated carbocycles. The van der Waals surface area contributed by atoms with E-state index in [1.54, 1.807) is 0 Å². The number of carbonyl (C=O) groups excluding carboxylic acids is 1. The van der Waals surface area contributed by atoms with E-state index in [1.165, 1.54) is 6.42 Å². The third kappa shape index (κ3) is 5.14. The van der Waals surface area contributed by atoms with E-state index in [0.29, 0.717) is 19.1 Å². The van der Waals surface area contributed by atoms with Gasteiger partial charge >= 0.3 is 0 Å². The number of nitrogens with two attached hydrogens (primary N) is 1. The van der Waals surface area contributed by atoms with E-state index in [9.17, 15) is 4.79 Å². The van der Waals surface area contributed by atoms with Gasteiger partial charge in [0.25, 0.3) is 0 Å². The highest BCUT2D eigenvalue weighted by Crippen LogP contribution is 2.20. The van der Waals surface area contributed by atoms with Gasteiger partial charge in [0.2, 0.25) is 5.91 Å². The number of hydrogen-bond acceptors (Lipinski definition) is 3. The molecule has 0 aromatic heterocycles. The van der Waals surface area contributed by atoms with Crippen molar-refractivity contribution in [3.8, 4) is 0 Å². The minimum absolute atomic E-state index is 0.193. The molecule has 15 heavy (non-hydrogen) atoms. The second kappa shape index (κ2) is 6.80. The number of amides is 1. The second-order valence-corrected chi connectivity index (χ2v) is 4.30. The zero-order valence-corrected chi connectivity index (χ0v) is 9.50. The molecule has 1 saturated heterocycles. The molecular weight excluding hydrogens is 192 g/mol. The molecule has 0 radical (unpaired) electrons. The van der Waals surface area contributed by atoms with Gasteiger partial charge in [0.15, 0.2) is 0 Å². The van der Waals surface area contributed by atoms with Crippen molar-refractivity contribution in [2.45, 2.75) is 45.1 Å². The first-order valence-electron chi connectivity index (χ1n) is 5.83. The van der Waals surface area contributed by atoms with Gasteiger partial charge in [0.05, 0.1) is 12.8 Å². The molecule has 4 nitrogen and oxygen atoms in total. The third-order valence-electron chi connectivity index (χ3n) is 2.85. The zero-order valence-electron chi connectivity index (χ0n) is 9.50. The van der Waals surface area contributed by atoms with Crippen LogP contribution in [0.5, 0.6) is 0 Å². The summed E-state index contributed by atoms with van der Waals surface area (Å²) in [7, 11) is 0. The molecule has 2 atom stereocenters. The fraction of sp³-hybridized carbons (Fsp3) is 0.909. The molecule has 3 N–H and O–H groups in total. The Kier molecular flexibility index (Phi) is 5.65. The first-order chi connectivity index (χ1) is 7.22. The molecule has 1 aliphatic rings. The van der Waals surface area contributed by atoms with Crippen molar-refractivity contribution in [2.75, 3.05) is 13.3 Å². The van der Waals surface area contributed by atoms with Crippen LogP contribution in [0.2, 0.25) is 0 Å². The number of ether oxygens (including phenoxy) is 1. The lowest BCUT2D eigenvalue weighted by atomic mass is 9.92. The van der Waals surface area contributed by atoms with Gasteiger partial charge < -0.3 is 10.5 Å². The van der Waals surface area contributed by atoms with E-state index in [1.807, 2.05) is 0 Å². The average molecular weight is 214 g/mol. The number of nitrogens with one attached hydrogen (secondary N) is 1. The van der Waals surface area contributed by atoms with Crippen LogP contribution in [0.3, 0.4) is 0 Å². The lowest BCUT2D eigenvalue weighted by Crippen LogP contribution is -2.22. The molecule has 0 bridgehead atoms. The summed E-state index contributed by atoms with van der Waals surface area (Å²) in [6.45, 7) is 3.71. The minimum Gasteiger partial charge on any atom is -0.370 e. The lowest BCUT2D eigenvalue weighted by Gasteiger charge is -2.18. The van der Waals surface area contributed by atoms with Crippen LogP contribution in [0.4, 0.5) is 0 Å². The summed E-state index contributed by atoms with van der Waals surface area (Å²) in [4.78, 5) is 10.9. The summed E-state index contributed by atoms with van der Waals surface area (Å²) in [5.74, 6) is 0.203. The smallest absolute Gasteiger partial charge is 0.217 e. The maximum absolute atomic E-state index is 10.9. The molecule has 0 aromatic carbocycles. The number of hydrogen-bond donors (Lipinski definition) is 2. The van der Waals surface area contributed by atoms with Gasteiger partial charge in [-0.3, -0.25) is 10.1 Å². The van der Waals surface area contributed by atoms with Crippen molar-refractivity contribution in [2.24, 2.45) is 11.7 Å². The molecule has 1 amide bonds. The fourth-order valence-electron chi connectivity index (χ4n) is 2.06. The Morgan fingerprint density at radius 3 is 3.00 bits per heavy atom. The Bertz CT molecular complexity index is 191. The average Bonchev–Trinajstić information content (AvgIpc) is 2.66. The maximum Gasteiger partial charge on any atom is 0.217 e. The molecule has 0 aliphatic carbocycles. The van der Waals surface area contributed by atoms with Crippen LogP contribution in [-0.2, 0) is 9.53 Å². The normalized spacial score (nSPS) is 22.9. The third-order valence-corrected chi connectivity index (χ3v) is 2.85. The summed E-state index contributed by atoms with van der Waals surface area (Å²) < 4.78 is 5.48. The Morgan fingerprint density at radius 1 is 1.67 bits per heavy atom. The Labute approximate surface area is 91.5 Å². The minimum atomic E-state index is -0.193. The quantitative estimate of drug-likeness (QED) is 0.664. The van der Waals surface area contributed by atoms with Gasteiger partial charge in [-0.25, -0.2) is 0 Å². The molecule has 2 unspecified atom stereocenters. The van der Waals surface area contributed by atoms with Crippen LogP contribution in [-0.4, -0.2) is 25.3 Å². The zero-order chi connectivity index (χ0) is 11.1. The lowest BCUT2D eigenvalue weighted by molar-refractivity contribution is -0.119.